The van der Waals surface area contributed by atoms with Gasteiger partial charge in [-0.1, -0.05) is 36.4 Å². The molecule has 3 aromatic carbocycles. The van der Waals surface area contributed by atoms with E-state index in [4.69, 9.17) is 14.2 Å². The number of carbonyl (C=O) groups excluding carboxylic acids is 1. The molecule has 0 saturated carbocycles. The Hall–Kier alpha value is -4.59. The quantitative estimate of drug-likeness (QED) is 0.379. The van der Waals surface area contributed by atoms with E-state index in [2.05, 4.69) is 15.4 Å². The van der Waals surface area contributed by atoms with Gasteiger partial charge in [-0.25, -0.2) is 4.68 Å². The van der Waals surface area contributed by atoms with Gasteiger partial charge in [-0.2, -0.15) is 10.1 Å². The number of ether oxygens (including phenoxy) is 3. The third kappa shape index (κ3) is 4.20. The number of methoxy groups -OCH3 is 2. The molecule has 6 rings (SSSR count). The predicted octanol–water partition coefficient (Wildman–Crippen LogP) is 5.50. The number of anilines is 1. The van der Waals surface area contributed by atoms with Gasteiger partial charge in [0.05, 0.1) is 14.2 Å². The molecule has 2 heterocycles. The van der Waals surface area contributed by atoms with Gasteiger partial charge in [0.1, 0.15) is 23.9 Å². The third-order valence-electron chi connectivity index (χ3n) is 6.89. The zero-order chi connectivity index (χ0) is 25.4. The van der Waals surface area contributed by atoms with Crippen molar-refractivity contribution >= 4 is 11.7 Å². The fraction of sp³-hybridized carbons (Fsp3) is 0.207. The van der Waals surface area contributed by atoms with Crippen LogP contribution in [0, 0.1) is 0 Å². The molecular weight excluding hydrogens is 468 g/mol. The molecule has 8 heteroatoms. The molecule has 2 unspecified atom stereocenters. The first-order valence-electron chi connectivity index (χ1n) is 12.1. The van der Waals surface area contributed by atoms with Crippen LogP contribution in [0.3, 0.4) is 0 Å². The molecule has 0 saturated heterocycles. The smallest absolute Gasteiger partial charge is 0.226 e. The molecule has 0 amide bonds. The highest BCUT2D eigenvalue weighted by molar-refractivity contribution is 6.00. The first-order valence-corrected chi connectivity index (χ1v) is 12.1. The van der Waals surface area contributed by atoms with Gasteiger partial charge in [-0.05, 0) is 59.9 Å². The van der Waals surface area contributed by atoms with E-state index in [-0.39, 0.29) is 11.7 Å². The van der Waals surface area contributed by atoms with Gasteiger partial charge in [0.2, 0.25) is 5.95 Å². The number of para-hydroxylation sites is 1. The molecule has 4 aromatic rings. The summed E-state index contributed by atoms with van der Waals surface area (Å²) in [6, 6.07) is 22.9. The Morgan fingerprint density at radius 3 is 2.49 bits per heavy atom. The summed E-state index contributed by atoms with van der Waals surface area (Å²) in [5.41, 5.74) is 3.52. The average molecular weight is 495 g/mol. The van der Waals surface area contributed by atoms with Crippen LogP contribution in [0.15, 0.2) is 90.4 Å². The van der Waals surface area contributed by atoms with Crippen LogP contribution in [0.2, 0.25) is 0 Å². The van der Waals surface area contributed by atoms with Crippen molar-refractivity contribution in [3.8, 4) is 23.0 Å². The van der Waals surface area contributed by atoms with E-state index < -0.39 is 6.04 Å². The Balaban J connectivity index is 1.37. The monoisotopic (exact) mass is 494 g/mol. The lowest BCUT2D eigenvalue weighted by Gasteiger charge is -2.35. The van der Waals surface area contributed by atoms with E-state index in [0.29, 0.717) is 41.6 Å². The highest BCUT2D eigenvalue weighted by Crippen LogP contribution is 2.45. The van der Waals surface area contributed by atoms with Crippen molar-refractivity contribution in [1.82, 2.24) is 14.8 Å². The summed E-state index contributed by atoms with van der Waals surface area (Å²) in [5, 5.41) is 7.83. The summed E-state index contributed by atoms with van der Waals surface area (Å²) in [7, 11) is 3.23. The average Bonchev–Trinajstić information content (AvgIpc) is 3.40. The lowest BCUT2D eigenvalue weighted by Crippen LogP contribution is -2.33. The Morgan fingerprint density at radius 1 is 0.865 bits per heavy atom. The number of hydrogen-bond acceptors (Lipinski definition) is 7. The van der Waals surface area contributed by atoms with Crippen LogP contribution in [0.1, 0.15) is 35.9 Å². The third-order valence-corrected chi connectivity index (χ3v) is 6.89. The zero-order valence-corrected chi connectivity index (χ0v) is 20.5. The highest BCUT2D eigenvalue weighted by atomic mass is 16.5. The first kappa shape index (κ1) is 22.8. The van der Waals surface area contributed by atoms with Crippen LogP contribution in [0.4, 0.5) is 5.95 Å². The van der Waals surface area contributed by atoms with Gasteiger partial charge in [0.25, 0.3) is 0 Å². The number of Topliss-reactive ketones (excluding diaryl/α,β-unsaturated/α-hetero) is 1. The van der Waals surface area contributed by atoms with E-state index in [0.717, 1.165) is 22.6 Å². The molecular formula is C29H26N4O4. The molecule has 37 heavy (non-hydrogen) atoms. The van der Waals surface area contributed by atoms with Gasteiger partial charge in [0, 0.05) is 17.7 Å². The van der Waals surface area contributed by atoms with Crippen LogP contribution >= 0.6 is 0 Å². The second-order valence-electron chi connectivity index (χ2n) is 9.08. The lowest BCUT2D eigenvalue weighted by atomic mass is 9.78. The largest absolute Gasteiger partial charge is 0.493 e. The van der Waals surface area contributed by atoms with Crippen LogP contribution in [0.5, 0.6) is 23.0 Å². The molecule has 1 aromatic heterocycles. The molecule has 1 aliphatic heterocycles. The summed E-state index contributed by atoms with van der Waals surface area (Å²) in [4.78, 5) is 18.1. The van der Waals surface area contributed by atoms with Crippen molar-refractivity contribution in [3.63, 3.8) is 0 Å². The van der Waals surface area contributed by atoms with Crippen molar-refractivity contribution < 1.29 is 19.0 Å². The Labute approximate surface area is 214 Å². The minimum atomic E-state index is -0.396. The number of nitrogens with one attached hydrogen (secondary N) is 1. The van der Waals surface area contributed by atoms with Crippen molar-refractivity contribution in [2.24, 2.45) is 0 Å². The van der Waals surface area contributed by atoms with Gasteiger partial charge in [0.15, 0.2) is 17.3 Å². The van der Waals surface area contributed by atoms with Crippen molar-refractivity contribution in [2.75, 3.05) is 19.5 Å². The van der Waals surface area contributed by atoms with Crippen molar-refractivity contribution in [2.45, 2.75) is 24.8 Å². The van der Waals surface area contributed by atoms with Crippen LogP contribution in [-0.2, 0) is 4.79 Å². The van der Waals surface area contributed by atoms with E-state index in [1.807, 2.05) is 72.8 Å². The first-order chi connectivity index (χ1) is 18.1. The summed E-state index contributed by atoms with van der Waals surface area (Å²) >= 11 is 0. The maximum Gasteiger partial charge on any atom is 0.226 e. The number of ketones is 1. The summed E-state index contributed by atoms with van der Waals surface area (Å²) in [6.45, 7) is 0. The second-order valence-corrected chi connectivity index (χ2v) is 9.08. The van der Waals surface area contributed by atoms with Crippen LogP contribution in [-0.4, -0.2) is 34.8 Å². The number of aromatic nitrogens is 3. The molecule has 8 nitrogen and oxygen atoms in total. The standard InChI is InChI=1S/C29H26N4O4/c1-35-25-12-11-18(16-26(25)36-2)20-14-23-27(24(34)15-20)28(33-29(32-23)30-17-31-33)19-7-6-10-22(13-19)37-21-8-4-3-5-9-21/h3-13,16-17,20,28H,14-15H2,1-2H3,(H,30,31,32). The van der Waals surface area contributed by atoms with Crippen molar-refractivity contribution in [3.05, 3.63) is 102 Å². The van der Waals surface area contributed by atoms with E-state index in [1.165, 1.54) is 6.33 Å². The normalized spacial score (nSPS) is 18.5. The molecule has 1 N–H and O–H groups in total. The lowest BCUT2D eigenvalue weighted by molar-refractivity contribution is -0.116. The predicted molar refractivity (Wildman–Crippen MR) is 138 cm³/mol. The molecule has 2 aliphatic rings. The van der Waals surface area contributed by atoms with Gasteiger partial charge in [-0.15, -0.1) is 0 Å². The maximum atomic E-state index is 13.7. The second kappa shape index (κ2) is 9.46. The molecule has 186 valence electrons. The summed E-state index contributed by atoms with van der Waals surface area (Å²) in [5.74, 6) is 3.44. The van der Waals surface area contributed by atoms with Gasteiger partial charge < -0.3 is 19.5 Å². The number of benzene rings is 3. The van der Waals surface area contributed by atoms with Crippen LogP contribution < -0.4 is 19.5 Å². The van der Waals surface area contributed by atoms with E-state index >= 15 is 0 Å². The molecule has 0 spiro atoms. The molecule has 2 atom stereocenters. The Kier molecular flexibility index (Phi) is 5.84. The number of allylic oxidation sites excluding steroid dienone is 2. The SMILES string of the molecule is COc1ccc(C2CC(=O)C3=C(C2)Nc2ncnn2C3c2cccc(Oc3ccccc3)c2)cc1OC. The molecule has 0 bridgehead atoms. The molecule has 0 radical (unpaired) electrons. The summed E-state index contributed by atoms with van der Waals surface area (Å²) in [6.07, 6.45) is 2.56. The Morgan fingerprint density at radius 2 is 1.68 bits per heavy atom. The number of nitrogens with zero attached hydrogens (tertiary/aromatic N) is 3. The van der Waals surface area contributed by atoms with Gasteiger partial charge in [-0.3, -0.25) is 4.79 Å². The van der Waals surface area contributed by atoms with E-state index in [9.17, 15) is 4.79 Å². The topological polar surface area (TPSA) is 87.5 Å². The zero-order valence-electron chi connectivity index (χ0n) is 20.5. The fourth-order valence-electron chi connectivity index (χ4n) is 5.18. The maximum absolute atomic E-state index is 13.7. The number of fused-ring (bicyclic) bond motifs is 1. The van der Waals surface area contributed by atoms with Gasteiger partial charge >= 0.3 is 0 Å². The van der Waals surface area contributed by atoms with Crippen LogP contribution in [0.25, 0.3) is 0 Å². The van der Waals surface area contributed by atoms with Crippen molar-refractivity contribution in [1.29, 1.82) is 0 Å². The summed E-state index contributed by atoms with van der Waals surface area (Å²) < 4.78 is 18.7. The molecule has 1 aliphatic carbocycles. The fourth-order valence-corrected chi connectivity index (χ4v) is 5.18. The minimum absolute atomic E-state index is 0.00132. The highest BCUT2D eigenvalue weighted by Gasteiger charge is 2.39. The number of hydrogen-bond donors (Lipinski definition) is 1. The number of carbonyl (C=O) groups is 1. The minimum Gasteiger partial charge on any atom is -0.493 e. The van der Waals surface area contributed by atoms with E-state index in [1.54, 1.807) is 18.9 Å². The molecule has 0 fully saturated rings. The number of rotatable bonds is 6. The Bertz CT molecular complexity index is 1490.